The van der Waals surface area contributed by atoms with Crippen molar-refractivity contribution in [2.45, 2.75) is 63.5 Å². The maximum atomic E-state index is 13.9. The van der Waals surface area contributed by atoms with E-state index < -0.39 is 18.2 Å². The Labute approximate surface area is 218 Å². The fraction of sp³-hybridized carbons (Fsp3) is 0.517. The minimum atomic E-state index is -0.648. The molecule has 2 aromatic carbocycles. The lowest BCUT2D eigenvalue weighted by atomic mass is 9.98. The molecule has 4 atom stereocenters. The minimum absolute atomic E-state index is 0.0766. The summed E-state index contributed by atoms with van der Waals surface area (Å²) in [5.74, 6) is 0.0880. The van der Waals surface area contributed by atoms with Gasteiger partial charge in [-0.15, -0.1) is 0 Å². The molecule has 198 valence electrons. The maximum Gasteiger partial charge on any atom is 0.258 e. The number of ether oxygens (including phenoxy) is 2. The highest BCUT2D eigenvalue weighted by Gasteiger charge is 2.38. The number of carbonyl (C=O) groups is 2. The molecule has 0 radical (unpaired) electrons. The Kier molecular flexibility index (Phi) is 7.79. The fourth-order valence-corrected chi connectivity index (χ4v) is 5.49. The number of benzene rings is 2. The second kappa shape index (κ2) is 11.2. The highest BCUT2D eigenvalue weighted by Crippen LogP contribution is 2.31. The van der Waals surface area contributed by atoms with Crippen molar-refractivity contribution in [3.05, 3.63) is 54.1 Å². The normalized spacial score (nSPS) is 27.5. The van der Waals surface area contributed by atoms with E-state index in [1.165, 1.54) is 0 Å². The summed E-state index contributed by atoms with van der Waals surface area (Å²) >= 11 is 0. The summed E-state index contributed by atoms with van der Waals surface area (Å²) in [5, 5.41) is 13.5. The molecule has 5 rings (SSSR count). The summed E-state index contributed by atoms with van der Waals surface area (Å²) in [7, 11) is 0. The number of carbonyl (C=O) groups excluding carboxylic acids is 2. The lowest BCUT2D eigenvalue weighted by Crippen LogP contribution is -2.62. The third-order valence-corrected chi connectivity index (χ3v) is 7.78. The number of fused-ring (bicyclic) bond motifs is 4. The lowest BCUT2D eigenvalue weighted by molar-refractivity contribution is -0.135. The van der Waals surface area contributed by atoms with Crippen molar-refractivity contribution in [1.82, 2.24) is 15.1 Å². The summed E-state index contributed by atoms with van der Waals surface area (Å²) in [6.45, 7) is 6.39. The van der Waals surface area contributed by atoms with Gasteiger partial charge in [-0.05, 0) is 49.9 Å². The van der Waals surface area contributed by atoms with Crippen LogP contribution >= 0.6 is 0 Å². The second-order valence-electron chi connectivity index (χ2n) is 10.5. The van der Waals surface area contributed by atoms with Crippen LogP contribution in [0.15, 0.2) is 48.5 Å². The van der Waals surface area contributed by atoms with Crippen LogP contribution in [0.3, 0.4) is 0 Å². The third-order valence-electron chi connectivity index (χ3n) is 7.78. The topological polar surface area (TPSA) is 91.3 Å². The molecule has 0 spiro atoms. The van der Waals surface area contributed by atoms with Gasteiger partial charge in [0.2, 0.25) is 5.91 Å². The van der Waals surface area contributed by atoms with Gasteiger partial charge in [0.05, 0.1) is 24.4 Å². The van der Waals surface area contributed by atoms with Gasteiger partial charge in [-0.25, -0.2) is 0 Å². The van der Waals surface area contributed by atoms with E-state index in [1.807, 2.05) is 48.5 Å². The van der Waals surface area contributed by atoms with E-state index in [9.17, 15) is 14.7 Å². The van der Waals surface area contributed by atoms with Gasteiger partial charge in [-0.3, -0.25) is 14.5 Å². The molecule has 0 aliphatic carbocycles. The molecule has 2 N–H and O–H groups in total. The molecule has 2 saturated heterocycles. The molecule has 8 nitrogen and oxygen atoms in total. The first-order chi connectivity index (χ1) is 17.9. The van der Waals surface area contributed by atoms with Gasteiger partial charge in [-0.2, -0.15) is 0 Å². The predicted molar refractivity (Wildman–Crippen MR) is 140 cm³/mol. The van der Waals surface area contributed by atoms with E-state index in [4.69, 9.17) is 9.47 Å². The summed E-state index contributed by atoms with van der Waals surface area (Å²) in [6.07, 6.45) is 0.801. The van der Waals surface area contributed by atoms with Crippen LogP contribution in [-0.2, 0) is 9.53 Å². The molecule has 0 unspecified atom stereocenters. The third kappa shape index (κ3) is 5.66. The van der Waals surface area contributed by atoms with Crippen LogP contribution < -0.4 is 10.1 Å². The molecule has 2 amide bonds. The second-order valence-corrected chi connectivity index (χ2v) is 10.5. The monoisotopic (exact) mass is 507 g/mol. The van der Waals surface area contributed by atoms with Crippen molar-refractivity contribution in [3.63, 3.8) is 0 Å². The van der Waals surface area contributed by atoms with E-state index in [2.05, 4.69) is 24.1 Å². The maximum absolute atomic E-state index is 13.9. The molecular weight excluding hydrogens is 470 g/mol. The SMILES string of the molecule is CC(C)N1CCN2C(=O)c3ccc(-c4ccccc4)cc3OCC[C@@H]3CC[C@H](O)[C@@H](CNC(=O)[C@@H]2C1)O3. The van der Waals surface area contributed by atoms with Crippen LogP contribution in [0, 0.1) is 0 Å². The van der Waals surface area contributed by atoms with Crippen molar-refractivity contribution in [2.24, 2.45) is 0 Å². The van der Waals surface area contributed by atoms with Gasteiger partial charge in [-0.1, -0.05) is 36.4 Å². The number of piperazine rings is 1. The zero-order valence-corrected chi connectivity index (χ0v) is 21.6. The standard InChI is InChI=1S/C29H37N3O5/c1-19(2)31-13-14-32-24(18-31)28(34)30-17-27-25(33)11-9-22(37-27)12-15-36-26-16-21(8-10-23(26)29(32)35)20-6-4-3-5-7-20/h3-8,10,16,19,22,24-25,27,33H,9,11-15,17-18H2,1-2H3,(H,30,34)/t22-,24-,25-,27+/m0/s1. The molecular formula is C29H37N3O5. The highest BCUT2D eigenvalue weighted by atomic mass is 16.5. The molecule has 0 saturated carbocycles. The van der Waals surface area contributed by atoms with Crippen LogP contribution in [0.2, 0.25) is 0 Å². The van der Waals surface area contributed by atoms with E-state index in [-0.39, 0.29) is 30.5 Å². The highest BCUT2D eigenvalue weighted by molar-refractivity contribution is 6.00. The first-order valence-corrected chi connectivity index (χ1v) is 13.4. The number of aliphatic hydroxyl groups excluding tert-OH is 1. The number of nitrogens with one attached hydrogen (secondary N) is 1. The Bertz CT molecular complexity index is 1110. The number of amides is 2. The van der Waals surface area contributed by atoms with Crippen molar-refractivity contribution >= 4 is 11.8 Å². The van der Waals surface area contributed by atoms with Gasteiger partial charge >= 0.3 is 0 Å². The Morgan fingerprint density at radius 1 is 1.00 bits per heavy atom. The summed E-state index contributed by atoms with van der Waals surface area (Å²) in [5.41, 5.74) is 2.46. The average molecular weight is 508 g/mol. The predicted octanol–water partition coefficient (Wildman–Crippen LogP) is 2.70. The van der Waals surface area contributed by atoms with E-state index in [1.54, 1.807) is 4.90 Å². The van der Waals surface area contributed by atoms with Crippen LogP contribution in [-0.4, -0.2) is 89.9 Å². The largest absolute Gasteiger partial charge is 0.493 e. The molecule has 3 aliphatic rings. The summed E-state index contributed by atoms with van der Waals surface area (Å²) in [4.78, 5) is 31.3. The lowest BCUT2D eigenvalue weighted by Gasteiger charge is -2.42. The van der Waals surface area contributed by atoms with Crippen molar-refractivity contribution in [1.29, 1.82) is 0 Å². The zero-order valence-electron chi connectivity index (χ0n) is 21.6. The summed E-state index contributed by atoms with van der Waals surface area (Å²) in [6, 6.07) is 15.3. The number of rotatable bonds is 2. The van der Waals surface area contributed by atoms with Gasteiger partial charge in [0.25, 0.3) is 5.91 Å². The van der Waals surface area contributed by atoms with Crippen molar-refractivity contribution < 1.29 is 24.2 Å². The van der Waals surface area contributed by atoms with E-state index in [0.717, 1.165) is 17.5 Å². The van der Waals surface area contributed by atoms with Crippen LogP contribution in [0.5, 0.6) is 5.75 Å². The first-order valence-electron chi connectivity index (χ1n) is 13.4. The first kappa shape index (κ1) is 25.7. The minimum Gasteiger partial charge on any atom is -0.493 e. The van der Waals surface area contributed by atoms with Gasteiger partial charge in [0, 0.05) is 38.6 Å². The molecule has 2 bridgehead atoms. The Morgan fingerprint density at radius 3 is 2.59 bits per heavy atom. The molecule has 37 heavy (non-hydrogen) atoms. The molecule has 3 heterocycles. The Morgan fingerprint density at radius 2 is 1.81 bits per heavy atom. The molecule has 8 heteroatoms. The number of hydrogen-bond acceptors (Lipinski definition) is 6. The van der Waals surface area contributed by atoms with E-state index >= 15 is 0 Å². The Balaban J connectivity index is 1.50. The number of nitrogens with zero attached hydrogens (tertiary/aromatic N) is 2. The quantitative estimate of drug-likeness (QED) is 0.650. The Hall–Kier alpha value is -2.94. The van der Waals surface area contributed by atoms with Gasteiger partial charge < -0.3 is 24.8 Å². The van der Waals surface area contributed by atoms with Crippen molar-refractivity contribution in [2.75, 3.05) is 32.8 Å². The fourth-order valence-electron chi connectivity index (χ4n) is 5.49. The molecule has 3 aliphatic heterocycles. The average Bonchev–Trinajstić information content (AvgIpc) is 2.92. The number of aliphatic hydroxyl groups is 1. The molecule has 2 aromatic rings. The van der Waals surface area contributed by atoms with Crippen molar-refractivity contribution in [3.8, 4) is 16.9 Å². The van der Waals surface area contributed by atoms with Crippen LogP contribution in [0.4, 0.5) is 0 Å². The number of hydrogen-bond donors (Lipinski definition) is 2. The summed E-state index contributed by atoms with van der Waals surface area (Å²) < 4.78 is 12.4. The molecule has 0 aromatic heterocycles. The smallest absolute Gasteiger partial charge is 0.258 e. The zero-order chi connectivity index (χ0) is 25.9. The van der Waals surface area contributed by atoms with Crippen LogP contribution in [0.25, 0.3) is 11.1 Å². The van der Waals surface area contributed by atoms with Crippen LogP contribution in [0.1, 0.15) is 43.5 Å². The van der Waals surface area contributed by atoms with Gasteiger partial charge in [0.1, 0.15) is 17.9 Å². The van der Waals surface area contributed by atoms with Gasteiger partial charge in [0.15, 0.2) is 0 Å². The molecule has 2 fully saturated rings. The van der Waals surface area contributed by atoms with E-state index in [0.29, 0.717) is 50.4 Å².